The smallest absolute Gasteiger partial charge is 0.0568 e. The molecule has 1 aliphatic carbocycles. The summed E-state index contributed by atoms with van der Waals surface area (Å²) in [6.07, 6.45) is 6.93. The van der Waals surface area contributed by atoms with Gasteiger partial charge in [0.15, 0.2) is 0 Å². The van der Waals surface area contributed by atoms with Crippen LogP contribution in [0.5, 0.6) is 0 Å². The van der Waals surface area contributed by atoms with Crippen molar-refractivity contribution in [2.45, 2.75) is 32.1 Å². The summed E-state index contributed by atoms with van der Waals surface area (Å²) in [7, 11) is 2.14. The van der Waals surface area contributed by atoms with E-state index in [-0.39, 0.29) is 0 Å². The molecule has 2 rings (SSSR count). The van der Waals surface area contributed by atoms with Crippen molar-refractivity contribution in [3.63, 3.8) is 0 Å². The van der Waals surface area contributed by atoms with Gasteiger partial charge in [-0.2, -0.15) is 0 Å². The van der Waals surface area contributed by atoms with E-state index in [4.69, 9.17) is 11.5 Å². The van der Waals surface area contributed by atoms with E-state index in [0.29, 0.717) is 11.4 Å². The predicted octanol–water partition coefficient (Wildman–Crippen LogP) is 2.87. The summed E-state index contributed by atoms with van der Waals surface area (Å²) in [5.74, 6) is 0.840. The highest BCUT2D eigenvalue weighted by Gasteiger charge is 2.15. The molecule has 0 aliphatic heterocycles. The van der Waals surface area contributed by atoms with Crippen molar-refractivity contribution in [3.05, 3.63) is 18.2 Å². The Labute approximate surface area is 104 Å². The minimum Gasteiger partial charge on any atom is -0.397 e. The van der Waals surface area contributed by atoms with Crippen molar-refractivity contribution >= 4 is 17.1 Å². The number of hydrogen-bond acceptors (Lipinski definition) is 3. The van der Waals surface area contributed by atoms with E-state index < -0.39 is 0 Å². The van der Waals surface area contributed by atoms with E-state index in [1.165, 1.54) is 37.8 Å². The third-order valence-corrected chi connectivity index (χ3v) is 3.77. The number of benzene rings is 1. The number of nitrogen functional groups attached to an aromatic ring is 2. The molecule has 0 spiro atoms. The molecule has 0 amide bonds. The standard InChI is InChI=1S/C14H23N3/c1-17(10-11-5-3-2-4-6-11)12-7-8-13(15)14(16)9-12/h7-9,11H,2-6,10,15-16H2,1H3. The van der Waals surface area contributed by atoms with E-state index in [1.54, 1.807) is 0 Å². The van der Waals surface area contributed by atoms with E-state index in [0.717, 1.165) is 12.5 Å². The fourth-order valence-electron chi connectivity index (χ4n) is 2.66. The Kier molecular flexibility index (Phi) is 3.77. The molecule has 1 aliphatic rings. The first kappa shape index (κ1) is 12.1. The molecule has 4 N–H and O–H groups in total. The Balaban J connectivity index is 1.98. The first-order valence-electron chi connectivity index (χ1n) is 6.53. The van der Waals surface area contributed by atoms with Gasteiger partial charge < -0.3 is 16.4 Å². The summed E-state index contributed by atoms with van der Waals surface area (Å²) < 4.78 is 0. The first-order chi connectivity index (χ1) is 8.16. The van der Waals surface area contributed by atoms with Crippen LogP contribution in [-0.4, -0.2) is 13.6 Å². The highest BCUT2D eigenvalue weighted by molar-refractivity contribution is 5.69. The van der Waals surface area contributed by atoms with Crippen molar-refractivity contribution in [2.24, 2.45) is 5.92 Å². The maximum Gasteiger partial charge on any atom is 0.0568 e. The summed E-state index contributed by atoms with van der Waals surface area (Å²) in [5.41, 5.74) is 14.1. The number of anilines is 3. The van der Waals surface area contributed by atoms with Gasteiger partial charge in [0.25, 0.3) is 0 Å². The molecular weight excluding hydrogens is 210 g/mol. The van der Waals surface area contributed by atoms with Gasteiger partial charge in [-0.3, -0.25) is 0 Å². The van der Waals surface area contributed by atoms with Gasteiger partial charge >= 0.3 is 0 Å². The summed E-state index contributed by atoms with van der Waals surface area (Å²) >= 11 is 0. The van der Waals surface area contributed by atoms with Gasteiger partial charge in [0, 0.05) is 19.3 Å². The van der Waals surface area contributed by atoms with Crippen LogP contribution in [0.15, 0.2) is 18.2 Å². The molecule has 94 valence electrons. The van der Waals surface area contributed by atoms with Crippen molar-refractivity contribution in [2.75, 3.05) is 30.0 Å². The largest absolute Gasteiger partial charge is 0.397 e. The van der Waals surface area contributed by atoms with Gasteiger partial charge in [0.1, 0.15) is 0 Å². The quantitative estimate of drug-likeness (QED) is 0.789. The predicted molar refractivity (Wildman–Crippen MR) is 75.1 cm³/mol. The molecular formula is C14H23N3. The van der Waals surface area contributed by atoms with E-state index in [9.17, 15) is 0 Å². The monoisotopic (exact) mass is 233 g/mol. The maximum absolute atomic E-state index is 5.84. The average Bonchev–Trinajstić information content (AvgIpc) is 2.34. The summed E-state index contributed by atoms with van der Waals surface area (Å²) in [6.45, 7) is 1.13. The van der Waals surface area contributed by atoms with Gasteiger partial charge in [-0.25, -0.2) is 0 Å². The lowest BCUT2D eigenvalue weighted by Gasteiger charge is -2.28. The van der Waals surface area contributed by atoms with Crippen LogP contribution in [0.3, 0.4) is 0 Å². The average molecular weight is 233 g/mol. The molecule has 3 heteroatoms. The molecule has 0 aromatic heterocycles. The third kappa shape index (κ3) is 3.05. The highest BCUT2D eigenvalue weighted by atomic mass is 15.1. The number of nitrogens with two attached hydrogens (primary N) is 2. The molecule has 1 saturated carbocycles. The zero-order valence-corrected chi connectivity index (χ0v) is 10.7. The van der Waals surface area contributed by atoms with Crippen molar-refractivity contribution in [1.29, 1.82) is 0 Å². The topological polar surface area (TPSA) is 55.3 Å². The first-order valence-corrected chi connectivity index (χ1v) is 6.53. The van der Waals surface area contributed by atoms with Gasteiger partial charge in [-0.1, -0.05) is 19.3 Å². The van der Waals surface area contributed by atoms with Gasteiger partial charge in [0.2, 0.25) is 0 Å². The molecule has 0 unspecified atom stereocenters. The fraction of sp³-hybridized carbons (Fsp3) is 0.571. The Morgan fingerprint density at radius 3 is 2.47 bits per heavy atom. The second-order valence-corrected chi connectivity index (χ2v) is 5.20. The fourth-order valence-corrected chi connectivity index (χ4v) is 2.66. The van der Waals surface area contributed by atoms with Gasteiger partial charge in [-0.05, 0) is 37.0 Å². The molecule has 0 saturated heterocycles. The third-order valence-electron chi connectivity index (χ3n) is 3.77. The van der Waals surface area contributed by atoms with Crippen molar-refractivity contribution in [1.82, 2.24) is 0 Å². The van der Waals surface area contributed by atoms with Crippen LogP contribution < -0.4 is 16.4 Å². The minimum absolute atomic E-state index is 0.666. The van der Waals surface area contributed by atoms with Crippen LogP contribution >= 0.6 is 0 Å². The molecule has 17 heavy (non-hydrogen) atoms. The lowest BCUT2D eigenvalue weighted by molar-refractivity contribution is 0.362. The molecule has 1 aromatic carbocycles. The molecule has 1 aromatic rings. The molecule has 1 fully saturated rings. The normalized spacial score (nSPS) is 17.0. The lowest BCUT2D eigenvalue weighted by Crippen LogP contribution is -2.26. The van der Waals surface area contributed by atoms with E-state index in [1.807, 2.05) is 12.1 Å². The van der Waals surface area contributed by atoms with Crippen LogP contribution in [0.2, 0.25) is 0 Å². The maximum atomic E-state index is 5.84. The second kappa shape index (κ2) is 5.30. The number of hydrogen-bond donors (Lipinski definition) is 2. The van der Waals surface area contributed by atoms with Gasteiger partial charge in [-0.15, -0.1) is 0 Å². The minimum atomic E-state index is 0.666. The van der Waals surface area contributed by atoms with Crippen LogP contribution in [-0.2, 0) is 0 Å². The van der Waals surface area contributed by atoms with E-state index >= 15 is 0 Å². The Morgan fingerprint density at radius 2 is 1.82 bits per heavy atom. The highest BCUT2D eigenvalue weighted by Crippen LogP contribution is 2.27. The molecule has 0 atom stereocenters. The van der Waals surface area contributed by atoms with Crippen LogP contribution in [0.25, 0.3) is 0 Å². The Morgan fingerprint density at radius 1 is 1.12 bits per heavy atom. The summed E-state index contributed by atoms with van der Waals surface area (Å²) in [4.78, 5) is 2.30. The van der Waals surface area contributed by atoms with Gasteiger partial charge in [0.05, 0.1) is 11.4 Å². The van der Waals surface area contributed by atoms with Crippen LogP contribution in [0.4, 0.5) is 17.1 Å². The molecule has 0 heterocycles. The number of rotatable bonds is 3. The number of nitrogens with zero attached hydrogens (tertiary/aromatic N) is 1. The van der Waals surface area contributed by atoms with Crippen molar-refractivity contribution < 1.29 is 0 Å². The summed E-state index contributed by atoms with van der Waals surface area (Å²) in [6, 6.07) is 5.91. The SMILES string of the molecule is CN(CC1CCCCC1)c1ccc(N)c(N)c1. The Bertz CT molecular complexity index is 370. The van der Waals surface area contributed by atoms with E-state index in [2.05, 4.69) is 18.0 Å². The second-order valence-electron chi connectivity index (χ2n) is 5.20. The van der Waals surface area contributed by atoms with Crippen molar-refractivity contribution in [3.8, 4) is 0 Å². The molecule has 3 nitrogen and oxygen atoms in total. The molecule has 0 radical (unpaired) electrons. The van der Waals surface area contributed by atoms with Crippen LogP contribution in [0.1, 0.15) is 32.1 Å². The zero-order valence-electron chi connectivity index (χ0n) is 10.7. The Hall–Kier alpha value is -1.38. The lowest BCUT2D eigenvalue weighted by atomic mass is 9.89. The van der Waals surface area contributed by atoms with Crippen LogP contribution in [0, 0.1) is 5.92 Å². The molecule has 0 bridgehead atoms. The zero-order chi connectivity index (χ0) is 12.3. The summed E-state index contributed by atoms with van der Waals surface area (Å²) in [5, 5.41) is 0.